The molecule has 0 aliphatic carbocycles. The fraction of sp³-hybridized carbons (Fsp3) is 0.316. The first kappa shape index (κ1) is 18.1. The maximum atomic E-state index is 12.4. The molecular formula is C19H21Cl2N3O. The third kappa shape index (κ3) is 4.88. The van der Waals surface area contributed by atoms with Gasteiger partial charge in [0.2, 0.25) is 5.91 Å². The van der Waals surface area contributed by atoms with Gasteiger partial charge in [0.05, 0.1) is 22.3 Å². The molecule has 132 valence electrons. The van der Waals surface area contributed by atoms with E-state index in [0.29, 0.717) is 15.7 Å². The lowest BCUT2D eigenvalue weighted by Crippen LogP contribution is -2.49. The van der Waals surface area contributed by atoms with Crippen LogP contribution in [-0.2, 0) is 11.3 Å². The number of benzene rings is 2. The van der Waals surface area contributed by atoms with E-state index in [9.17, 15) is 4.79 Å². The van der Waals surface area contributed by atoms with Gasteiger partial charge in [-0.1, -0.05) is 59.6 Å². The molecule has 3 rings (SSSR count). The molecule has 25 heavy (non-hydrogen) atoms. The summed E-state index contributed by atoms with van der Waals surface area (Å²) in [4.78, 5) is 16.7. The molecule has 2 aromatic rings. The fourth-order valence-corrected chi connectivity index (χ4v) is 3.29. The number of anilines is 1. The van der Waals surface area contributed by atoms with Crippen LogP contribution in [0.2, 0.25) is 10.0 Å². The van der Waals surface area contributed by atoms with Crippen molar-refractivity contribution in [3.05, 3.63) is 64.1 Å². The summed E-state index contributed by atoms with van der Waals surface area (Å²) in [5.41, 5.74) is 1.99. The van der Waals surface area contributed by atoms with Gasteiger partial charge in [0.25, 0.3) is 0 Å². The summed E-state index contributed by atoms with van der Waals surface area (Å²) in [6, 6.07) is 15.8. The number of hydrogen-bond donors (Lipinski definition) is 1. The molecule has 0 saturated carbocycles. The van der Waals surface area contributed by atoms with Gasteiger partial charge in [-0.3, -0.25) is 9.69 Å². The van der Waals surface area contributed by atoms with E-state index in [1.807, 2.05) is 23.1 Å². The fourth-order valence-electron chi connectivity index (χ4n) is 2.92. The van der Waals surface area contributed by atoms with Gasteiger partial charge in [-0.25, -0.2) is 0 Å². The number of piperazine rings is 1. The summed E-state index contributed by atoms with van der Waals surface area (Å²) < 4.78 is 0. The Labute approximate surface area is 158 Å². The standard InChI is InChI=1S/C19H21Cl2N3O/c20-16-7-4-8-17(19(16)21)22-13-18(25)24-11-9-23(10-12-24)14-15-5-2-1-3-6-15/h1-8,22H,9-14H2. The Bertz CT molecular complexity index is 716. The van der Waals surface area contributed by atoms with Gasteiger partial charge in [-0.2, -0.15) is 0 Å². The van der Waals surface area contributed by atoms with Crippen molar-refractivity contribution in [2.45, 2.75) is 6.54 Å². The Kier molecular flexibility index (Phi) is 6.19. The van der Waals surface area contributed by atoms with Crippen molar-refractivity contribution in [1.29, 1.82) is 0 Å². The van der Waals surface area contributed by atoms with Gasteiger partial charge >= 0.3 is 0 Å². The Hall–Kier alpha value is -1.75. The molecule has 2 aromatic carbocycles. The van der Waals surface area contributed by atoms with Crippen LogP contribution in [0.15, 0.2) is 48.5 Å². The van der Waals surface area contributed by atoms with Gasteiger partial charge in [-0.15, -0.1) is 0 Å². The van der Waals surface area contributed by atoms with Crippen LogP contribution >= 0.6 is 23.2 Å². The van der Waals surface area contributed by atoms with Crippen molar-refractivity contribution in [2.24, 2.45) is 0 Å². The predicted molar refractivity (Wildman–Crippen MR) is 103 cm³/mol. The number of hydrogen-bond acceptors (Lipinski definition) is 3. The number of amides is 1. The van der Waals surface area contributed by atoms with Crippen LogP contribution in [0.3, 0.4) is 0 Å². The maximum Gasteiger partial charge on any atom is 0.241 e. The second kappa shape index (κ2) is 8.56. The normalized spacial score (nSPS) is 15.2. The van der Waals surface area contributed by atoms with Crippen molar-refractivity contribution in [2.75, 3.05) is 38.0 Å². The van der Waals surface area contributed by atoms with Crippen LogP contribution in [-0.4, -0.2) is 48.4 Å². The summed E-state index contributed by atoms with van der Waals surface area (Å²) >= 11 is 12.1. The molecular weight excluding hydrogens is 357 g/mol. The molecule has 0 radical (unpaired) electrons. The molecule has 0 spiro atoms. The highest BCUT2D eigenvalue weighted by Crippen LogP contribution is 2.29. The van der Waals surface area contributed by atoms with Crippen LogP contribution in [0.4, 0.5) is 5.69 Å². The minimum absolute atomic E-state index is 0.0791. The highest BCUT2D eigenvalue weighted by Gasteiger charge is 2.21. The van der Waals surface area contributed by atoms with Crippen molar-refractivity contribution in [1.82, 2.24) is 9.80 Å². The van der Waals surface area contributed by atoms with E-state index < -0.39 is 0 Å². The minimum atomic E-state index is 0.0791. The predicted octanol–water partition coefficient (Wildman–Crippen LogP) is 3.75. The van der Waals surface area contributed by atoms with Crippen LogP contribution in [0.1, 0.15) is 5.56 Å². The van der Waals surface area contributed by atoms with Crippen LogP contribution in [0.25, 0.3) is 0 Å². The summed E-state index contributed by atoms with van der Waals surface area (Å²) in [6.07, 6.45) is 0. The number of rotatable bonds is 5. The zero-order valence-corrected chi connectivity index (χ0v) is 15.4. The lowest BCUT2D eigenvalue weighted by molar-refractivity contribution is -0.131. The molecule has 1 saturated heterocycles. The van der Waals surface area contributed by atoms with Crippen LogP contribution in [0.5, 0.6) is 0 Å². The second-order valence-corrected chi connectivity index (χ2v) is 6.88. The Morgan fingerprint density at radius 3 is 2.40 bits per heavy atom. The molecule has 1 amide bonds. The SMILES string of the molecule is O=C(CNc1cccc(Cl)c1Cl)N1CCN(Cc2ccccc2)CC1. The highest BCUT2D eigenvalue weighted by atomic mass is 35.5. The molecule has 1 aliphatic rings. The van der Waals surface area contributed by atoms with E-state index in [-0.39, 0.29) is 12.5 Å². The van der Waals surface area contributed by atoms with E-state index in [4.69, 9.17) is 23.2 Å². The highest BCUT2D eigenvalue weighted by molar-refractivity contribution is 6.43. The lowest BCUT2D eigenvalue weighted by Gasteiger charge is -2.35. The average Bonchev–Trinajstić information content (AvgIpc) is 2.64. The quantitative estimate of drug-likeness (QED) is 0.861. The van der Waals surface area contributed by atoms with Crippen LogP contribution in [0, 0.1) is 0 Å². The summed E-state index contributed by atoms with van der Waals surface area (Å²) in [5.74, 6) is 0.0791. The van der Waals surface area contributed by atoms with Gasteiger partial charge in [0.1, 0.15) is 0 Å². The van der Waals surface area contributed by atoms with E-state index in [0.717, 1.165) is 32.7 Å². The van der Waals surface area contributed by atoms with Gasteiger partial charge in [0, 0.05) is 32.7 Å². The Balaban J connectivity index is 1.46. The first-order valence-electron chi connectivity index (χ1n) is 8.35. The van der Waals surface area contributed by atoms with E-state index in [2.05, 4.69) is 34.5 Å². The molecule has 1 fully saturated rings. The topological polar surface area (TPSA) is 35.6 Å². The number of carbonyl (C=O) groups excluding carboxylic acids is 1. The zero-order valence-electron chi connectivity index (χ0n) is 13.9. The third-order valence-electron chi connectivity index (χ3n) is 4.36. The molecule has 1 aliphatic heterocycles. The first-order valence-corrected chi connectivity index (χ1v) is 9.11. The first-order chi connectivity index (χ1) is 12.1. The molecule has 0 unspecified atom stereocenters. The largest absolute Gasteiger partial charge is 0.375 e. The monoisotopic (exact) mass is 377 g/mol. The molecule has 0 atom stereocenters. The molecule has 4 nitrogen and oxygen atoms in total. The number of nitrogens with zero attached hydrogens (tertiary/aromatic N) is 2. The number of carbonyl (C=O) groups is 1. The summed E-state index contributed by atoms with van der Waals surface area (Å²) in [6.45, 7) is 4.42. The zero-order chi connectivity index (χ0) is 17.6. The van der Waals surface area contributed by atoms with Crippen molar-refractivity contribution < 1.29 is 4.79 Å². The minimum Gasteiger partial charge on any atom is -0.375 e. The maximum absolute atomic E-state index is 12.4. The summed E-state index contributed by atoms with van der Waals surface area (Å²) in [5, 5.41) is 4.01. The van der Waals surface area contributed by atoms with Crippen LogP contribution < -0.4 is 5.32 Å². The van der Waals surface area contributed by atoms with Gasteiger partial charge in [0.15, 0.2) is 0 Å². The van der Waals surface area contributed by atoms with Gasteiger partial charge in [-0.05, 0) is 17.7 Å². The van der Waals surface area contributed by atoms with E-state index >= 15 is 0 Å². The molecule has 0 aromatic heterocycles. The number of nitrogens with one attached hydrogen (secondary N) is 1. The average molecular weight is 378 g/mol. The Morgan fingerprint density at radius 2 is 1.68 bits per heavy atom. The van der Waals surface area contributed by atoms with Crippen molar-refractivity contribution >= 4 is 34.8 Å². The molecule has 1 heterocycles. The molecule has 1 N–H and O–H groups in total. The second-order valence-electron chi connectivity index (χ2n) is 6.10. The molecule has 0 bridgehead atoms. The third-order valence-corrected chi connectivity index (χ3v) is 5.17. The van der Waals surface area contributed by atoms with Gasteiger partial charge < -0.3 is 10.2 Å². The lowest BCUT2D eigenvalue weighted by atomic mass is 10.2. The van der Waals surface area contributed by atoms with Crippen molar-refractivity contribution in [3.8, 4) is 0 Å². The molecule has 6 heteroatoms. The Morgan fingerprint density at radius 1 is 0.960 bits per heavy atom. The van der Waals surface area contributed by atoms with E-state index in [1.165, 1.54) is 5.56 Å². The summed E-state index contributed by atoms with van der Waals surface area (Å²) in [7, 11) is 0. The van der Waals surface area contributed by atoms with Crippen molar-refractivity contribution in [3.63, 3.8) is 0 Å². The smallest absolute Gasteiger partial charge is 0.241 e. The van der Waals surface area contributed by atoms with E-state index in [1.54, 1.807) is 6.07 Å². The number of halogens is 2.